The molecule has 11 heteroatoms. The Morgan fingerprint density at radius 2 is 2.03 bits per heavy atom. The van der Waals surface area contributed by atoms with Gasteiger partial charge >= 0.3 is 0 Å². The van der Waals surface area contributed by atoms with Crippen molar-refractivity contribution in [1.29, 1.82) is 0 Å². The Labute approximate surface area is 190 Å². The van der Waals surface area contributed by atoms with Crippen LogP contribution in [0.1, 0.15) is 49.1 Å². The van der Waals surface area contributed by atoms with E-state index in [9.17, 15) is 13.4 Å². The highest BCUT2D eigenvalue weighted by Crippen LogP contribution is 2.47. The SMILES string of the molecule is CC1(C)C(N)=N[C@](C)(c2nc(CC(=O)c3ccc(OCF)cn3)ccc2F)[C@@H]2CCN=[S@]21=O. The monoisotopic (exact) mass is 477 g/mol. The number of halogens is 2. The molecular weight excluding hydrogens is 452 g/mol. The molecule has 4 heterocycles. The summed E-state index contributed by atoms with van der Waals surface area (Å²) in [4.78, 5) is 25.7. The molecule has 0 spiro atoms. The lowest BCUT2D eigenvalue weighted by atomic mass is 9.89. The standard InChI is InChI=1S/C22H25F2N5O3S/c1-21(2)20(25)29-22(3,18-8-9-27-33(18,21)31)19-15(24)6-4-13(28-19)10-17(30)16-7-5-14(11-26-16)32-12-23/h4-7,11,18H,8-10,12H2,1-3H3,(H2,25,29)/t18-,22-,33-/m0/s1. The Morgan fingerprint density at radius 1 is 1.27 bits per heavy atom. The van der Waals surface area contributed by atoms with Gasteiger partial charge in [-0.3, -0.25) is 14.8 Å². The quantitative estimate of drug-likeness (QED) is 0.639. The zero-order chi connectivity index (χ0) is 24.0. The molecule has 33 heavy (non-hydrogen) atoms. The zero-order valence-electron chi connectivity index (χ0n) is 18.5. The van der Waals surface area contributed by atoms with Gasteiger partial charge in [-0.15, -0.1) is 0 Å². The van der Waals surface area contributed by atoms with Crippen molar-refractivity contribution in [2.24, 2.45) is 15.1 Å². The first-order valence-electron chi connectivity index (χ1n) is 10.4. The summed E-state index contributed by atoms with van der Waals surface area (Å²) in [7, 11) is -2.84. The minimum atomic E-state index is -2.84. The van der Waals surface area contributed by atoms with Gasteiger partial charge in [-0.25, -0.2) is 22.3 Å². The lowest BCUT2D eigenvalue weighted by molar-refractivity contribution is 0.0986. The summed E-state index contributed by atoms with van der Waals surface area (Å²) in [5, 5.41) is -0.565. The number of Topliss-reactive ketones (excluding diaryl/α,β-unsaturated/α-hetero) is 1. The number of fused-ring (bicyclic) bond motifs is 1. The molecule has 2 aliphatic heterocycles. The van der Waals surface area contributed by atoms with Crippen molar-refractivity contribution in [3.63, 3.8) is 0 Å². The second-order valence-electron chi connectivity index (χ2n) is 8.72. The Morgan fingerprint density at radius 3 is 2.70 bits per heavy atom. The van der Waals surface area contributed by atoms with Crippen molar-refractivity contribution in [2.75, 3.05) is 13.4 Å². The molecule has 2 N–H and O–H groups in total. The van der Waals surface area contributed by atoms with Gasteiger partial charge in [-0.05, 0) is 51.5 Å². The van der Waals surface area contributed by atoms with Crippen molar-refractivity contribution in [3.8, 4) is 5.75 Å². The van der Waals surface area contributed by atoms with Crippen molar-refractivity contribution in [1.82, 2.24) is 9.97 Å². The maximum Gasteiger partial charge on any atom is 0.228 e. The normalized spacial score (nSPS) is 27.9. The molecule has 8 nitrogen and oxygen atoms in total. The van der Waals surface area contributed by atoms with E-state index in [1.54, 1.807) is 20.8 Å². The van der Waals surface area contributed by atoms with Gasteiger partial charge in [0.25, 0.3) is 0 Å². The first kappa shape index (κ1) is 23.2. The maximum absolute atomic E-state index is 15.0. The molecule has 3 atom stereocenters. The molecule has 0 unspecified atom stereocenters. The van der Waals surface area contributed by atoms with Crippen LogP contribution in [0.3, 0.4) is 0 Å². The lowest BCUT2D eigenvalue weighted by Crippen LogP contribution is -2.58. The van der Waals surface area contributed by atoms with Crippen molar-refractivity contribution < 1.29 is 22.5 Å². The summed E-state index contributed by atoms with van der Waals surface area (Å²) < 4.78 is 49.3. The van der Waals surface area contributed by atoms with Gasteiger partial charge in [0.2, 0.25) is 6.86 Å². The number of hydrogen-bond donors (Lipinski definition) is 1. The topological polar surface area (TPSA) is 120 Å². The number of ether oxygens (including phenoxy) is 1. The predicted octanol–water partition coefficient (Wildman–Crippen LogP) is 2.95. The Hall–Kier alpha value is -2.95. The largest absolute Gasteiger partial charge is 0.461 e. The van der Waals surface area contributed by atoms with Gasteiger partial charge in [-0.2, -0.15) is 0 Å². The molecule has 0 aliphatic carbocycles. The van der Waals surface area contributed by atoms with Crippen LogP contribution >= 0.6 is 0 Å². The third kappa shape index (κ3) is 3.68. The number of carbonyl (C=O) groups is 1. The zero-order valence-corrected chi connectivity index (χ0v) is 19.4. The van der Waals surface area contributed by atoms with Crippen LogP contribution in [0, 0.1) is 5.82 Å². The first-order valence-corrected chi connectivity index (χ1v) is 12.0. The number of aromatic nitrogens is 2. The molecular formula is C22H25F2N5O3S. The number of hydrogen-bond acceptors (Lipinski definition) is 8. The Bertz CT molecular complexity index is 1260. The van der Waals surface area contributed by atoms with Crippen molar-refractivity contribution >= 4 is 21.3 Å². The molecule has 0 fully saturated rings. The summed E-state index contributed by atoms with van der Waals surface area (Å²) in [6, 6.07) is 5.49. The highest BCUT2D eigenvalue weighted by atomic mass is 32.2. The molecule has 0 bridgehead atoms. The molecule has 176 valence electrons. The van der Waals surface area contributed by atoms with Gasteiger partial charge in [0, 0.05) is 12.2 Å². The van der Waals surface area contributed by atoms with Gasteiger partial charge in [0.05, 0.1) is 27.6 Å². The van der Waals surface area contributed by atoms with Crippen LogP contribution in [0.2, 0.25) is 0 Å². The highest BCUT2D eigenvalue weighted by molar-refractivity contribution is 7.96. The molecule has 0 aromatic carbocycles. The van der Waals surface area contributed by atoms with Crippen LogP contribution in [0.4, 0.5) is 8.78 Å². The van der Waals surface area contributed by atoms with E-state index >= 15 is 4.39 Å². The summed E-state index contributed by atoms with van der Waals surface area (Å²) in [5.41, 5.74) is 5.36. The van der Waals surface area contributed by atoms with Crippen molar-refractivity contribution in [2.45, 2.75) is 49.1 Å². The average molecular weight is 478 g/mol. The summed E-state index contributed by atoms with van der Waals surface area (Å²) in [6.07, 6.45) is 1.57. The van der Waals surface area contributed by atoms with Crippen LogP contribution in [0.5, 0.6) is 5.75 Å². The lowest BCUT2D eigenvalue weighted by Gasteiger charge is -2.44. The van der Waals surface area contributed by atoms with Crippen molar-refractivity contribution in [3.05, 3.63) is 53.4 Å². The number of nitrogens with two attached hydrogens (primary N) is 1. The average Bonchev–Trinajstić information content (AvgIpc) is 3.19. The minimum Gasteiger partial charge on any atom is -0.461 e. The third-order valence-corrected chi connectivity index (χ3v) is 10.1. The maximum atomic E-state index is 15.0. The van der Waals surface area contributed by atoms with Crippen LogP contribution in [-0.4, -0.2) is 49.2 Å². The van der Waals surface area contributed by atoms with E-state index in [1.165, 1.54) is 30.5 Å². The smallest absolute Gasteiger partial charge is 0.228 e. The van der Waals surface area contributed by atoms with E-state index in [0.717, 1.165) is 0 Å². The molecule has 2 aromatic rings. The third-order valence-electron chi connectivity index (χ3n) is 6.36. The fourth-order valence-corrected chi connectivity index (χ4v) is 7.51. The predicted molar refractivity (Wildman–Crippen MR) is 120 cm³/mol. The molecule has 0 saturated carbocycles. The number of ketones is 1. The minimum absolute atomic E-state index is 0.0132. The number of carbonyl (C=O) groups excluding carboxylic acids is 1. The van der Waals surface area contributed by atoms with Gasteiger partial charge in [0.1, 0.15) is 39.1 Å². The van der Waals surface area contributed by atoms with Gasteiger partial charge in [0.15, 0.2) is 5.78 Å². The number of alkyl halides is 1. The molecule has 0 saturated heterocycles. The molecule has 0 radical (unpaired) electrons. The van der Waals surface area contributed by atoms with Gasteiger partial charge in [-0.1, -0.05) is 0 Å². The van der Waals surface area contributed by atoms with E-state index < -0.39 is 37.9 Å². The molecule has 4 rings (SSSR count). The summed E-state index contributed by atoms with van der Waals surface area (Å²) in [5.74, 6) is -0.640. The fraction of sp³-hybridized carbons (Fsp3) is 0.455. The van der Waals surface area contributed by atoms with Crippen LogP contribution < -0.4 is 10.5 Å². The molecule has 2 aromatic heterocycles. The second-order valence-corrected chi connectivity index (χ2v) is 11.7. The van der Waals surface area contributed by atoms with E-state index in [4.69, 9.17) is 5.73 Å². The van der Waals surface area contributed by atoms with E-state index in [2.05, 4.69) is 24.1 Å². The van der Waals surface area contributed by atoms with E-state index in [-0.39, 0.29) is 35.2 Å². The van der Waals surface area contributed by atoms with Gasteiger partial charge < -0.3 is 10.5 Å². The van der Waals surface area contributed by atoms with E-state index in [1.807, 2.05) is 0 Å². The number of amidine groups is 1. The highest BCUT2D eigenvalue weighted by Gasteiger charge is 2.57. The Kier molecular flexibility index (Phi) is 5.71. The van der Waals surface area contributed by atoms with Crippen LogP contribution in [-0.2, 0) is 21.7 Å². The molecule has 0 amide bonds. The summed E-state index contributed by atoms with van der Waals surface area (Å²) >= 11 is 0. The Balaban J connectivity index is 1.69. The number of rotatable bonds is 6. The molecule has 2 aliphatic rings. The number of pyridine rings is 2. The first-order chi connectivity index (χ1) is 15.5. The number of aliphatic imine (C=N–C) groups is 1. The van der Waals surface area contributed by atoms with Crippen LogP contribution in [0.15, 0.2) is 39.8 Å². The fourth-order valence-electron chi connectivity index (χ4n) is 4.36. The summed E-state index contributed by atoms with van der Waals surface area (Å²) in [6.45, 7) is 4.53. The number of nitrogens with zero attached hydrogens (tertiary/aromatic N) is 4. The van der Waals surface area contributed by atoms with E-state index in [0.29, 0.717) is 18.7 Å². The second kappa shape index (κ2) is 8.12. The van der Waals surface area contributed by atoms with Crippen LogP contribution in [0.25, 0.3) is 0 Å².